The number of ether oxygens (including phenoxy) is 3. The first-order valence-electron chi connectivity index (χ1n) is 7.53. The predicted octanol–water partition coefficient (Wildman–Crippen LogP) is 4.01. The van der Waals surface area contributed by atoms with Crippen LogP contribution in [0.15, 0.2) is 47.1 Å². The fourth-order valence-corrected chi connectivity index (χ4v) is 2.59. The Labute approximate surface area is 150 Å². The molecule has 25 heavy (non-hydrogen) atoms. The van der Waals surface area contributed by atoms with Crippen LogP contribution in [0.1, 0.15) is 16.7 Å². The minimum absolute atomic E-state index is 0.189. The Morgan fingerprint density at radius 3 is 2.40 bits per heavy atom. The number of aryl methyl sites for hydroxylation is 1. The summed E-state index contributed by atoms with van der Waals surface area (Å²) in [6.45, 7) is 1.92. The number of benzene rings is 2. The summed E-state index contributed by atoms with van der Waals surface area (Å²) in [5, 5.41) is 0.598. The maximum atomic E-state index is 12.1. The standard InChI is InChI=1S/C19H16ClNO4/c1-11-8-17(24-3)13(10-16(11)23-2)9-15-19(22)25-18(21-15)12-4-6-14(20)7-5-12/h4-10H,1-3H3/b15-9+. The van der Waals surface area contributed by atoms with Gasteiger partial charge in [-0.3, -0.25) is 0 Å². The number of hydrogen-bond acceptors (Lipinski definition) is 5. The number of carbonyl (C=O) groups excluding carboxylic acids is 1. The fourth-order valence-electron chi connectivity index (χ4n) is 2.46. The number of methoxy groups -OCH3 is 2. The van der Waals surface area contributed by atoms with Gasteiger partial charge in [0.2, 0.25) is 5.90 Å². The maximum absolute atomic E-state index is 12.1. The third-order valence-electron chi connectivity index (χ3n) is 3.75. The van der Waals surface area contributed by atoms with Crippen LogP contribution >= 0.6 is 11.6 Å². The molecule has 1 heterocycles. The molecule has 0 N–H and O–H groups in total. The molecule has 6 heteroatoms. The molecule has 1 aliphatic heterocycles. The van der Waals surface area contributed by atoms with Gasteiger partial charge in [-0.15, -0.1) is 0 Å². The molecule has 0 saturated carbocycles. The van der Waals surface area contributed by atoms with E-state index < -0.39 is 5.97 Å². The van der Waals surface area contributed by atoms with Gasteiger partial charge in [0.15, 0.2) is 5.70 Å². The van der Waals surface area contributed by atoms with Gasteiger partial charge in [0.1, 0.15) is 11.5 Å². The average Bonchev–Trinajstić information content (AvgIpc) is 2.97. The Bertz CT molecular complexity index is 885. The smallest absolute Gasteiger partial charge is 0.363 e. The molecule has 0 radical (unpaired) electrons. The van der Waals surface area contributed by atoms with Gasteiger partial charge in [-0.1, -0.05) is 11.6 Å². The topological polar surface area (TPSA) is 57.1 Å². The number of hydrogen-bond donors (Lipinski definition) is 0. The highest BCUT2D eigenvalue weighted by molar-refractivity contribution is 6.30. The van der Waals surface area contributed by atoms with Crippen LogP contribution in [0.2, 0.25) is 5.02 Å². The summed E-state index contributed by atoms with van der Waals surface area (Å²) in [5.74, 6) is 1.03. The number of halogens is 1. The molecular formula is C19H16ClNO4. The van der Waals surface area contributed by atoms with Crippen LogP contribution in [0.3, 0.4) is 0 Å². The van der Waals surface area contributed by atoms with Crippen molar-refractivity contribution in [1.82, 2.24) is 0 Å². The second-order valence-corrected chi connectivity index (χ2v) is 5.84. The molecule has 0 fully saturated rings. The first-order chi connectivity index (χ1) is 12.0. The summed E-state index contributed by atoms with van der Waals surface area (Å²) in [4.78, 5) is 16.4. The van der Waals surface area contributed by atoms with E-state index in [4.69, 9.17) is 25.8 Å². The molecule has 2 aromatic carbocycles. The van der Waals surface area contributed by atoms with Crippen LogP contribution in [0.4, 0.5) is 0 Å². The van der Waals surface area contributed by atoms with E-state index in [0.717, 1.165) is 5.56 Å². The molecule has 0 aliphatic carbocycles. The lowest BCUT2D eigenvalue weighted by Gasteiger charge is -2.10. The van der Waals surface area contributed by atoms with Gasteiger partial charge in [0.05, 0.1) is 14.2 Å². The Balaban J connectivity index is 2.01. The number of cyclic esters (lactones) is 1. The van der Waals surface area contributed by atoms with Crippen LogP contribution < -0.4 is 9.47 Å². The van der Waals surface area contributed by atoms with E-state index in [9.17, 15) is 4.79 Å². The van der Waals surface area contributed by atoms with Crippen molar-refractivity contribution in [2.75, 3.05) is 14.2 Å². The average molecular weight is 358 g/mol. The van der Waals surface area contributed by atoms with E-state index in [2.05, 4.69) is 4.99 Å². The van der Waals surface area contributed by atoms with E-state index in [1.165, 1.54) is 0 Å². The summed E-state index contributed by atoms with van der Waals surface area (Å²) in [7, 11) is 3.16. The Hall–Kier alpha value is -2.79. The van der Waals surface area contributed by atoms with Crippen molar-refractivity contribution >= 4 is 29.5 Å². The van der Waals surface area contributed by atoms with Gasteiger partial charge in [-0.2, -0.15) is 0 Å². The molecule has 5 nitrogen and oxygen atoms in total. The molecule has 0 saturated heterocycles. The first kappa shape index (κ1) is 17.0. The number of esters is 1. The molecule has 2 aromatic rings. The van der Waals surface area contributed by atoms with Gasteiger partial charge >= 0.3 is 5.97 Å². The number of nitrogens with zero attached hydrogens (tertiary/aromatic N) is 1. The normalized spacial score (nSPS) is 15.1. The number of carbonyl (C=O) groups is 1. The first-order valence-corrected chi connectivity index (χ1v) is 7.90. The van der Waals surface area contributed by atoms with Crippen molar-refractivity contribution in [2.45, 2.75) is 6.92 Å². The lowest BCUT2D eigenvalue weighted by atomic mass is 10.1. The Morgan fingerprint density at radius 1 is 1.08 bits per heavy atom. The van der Waals surface area contributed by atoms with Crippen LogP contribution in [-0.4, -0.2) is 26.1 Å². The van der Waals surface area contributed by atoms with E-state index in [1.807, 2.05) is 13.0 Å². The molecule has 0 aromatic heterocycles. The number of rotatable bonds is 4. The zero-order chi connectivity index (χ0) is 18.0. The summed E-state index contributed by atoms with van der Waals surface area (Å²) in [5.41, 5.74) is 2.47. The molecule has 0 unspecified atom stereocenters. The van der Waals surface area contributed by atoms with Crippen molar-refractivity contribution in [3.05, 3.63) is 63.8 Å². The molecule has 1 aliphatic rings. The third-order valence-corrected chi connectivity index (χ3v) is 4.00. The zero-order valence-electron chi connectivity index (χ0n) is 14.0. The van der Waals surface area contributed by atoms with Crippen molar-refractivity contribution in [3.8, 4) is 11.5 Å². The maximum Gasteiger partial charge on any atom is 0.363 e. The van der Waals surface area contributed by atoms with Crippen LogP contribution in [0.25, 0.3) is 6.08 Å². The minimum atomic E-state index is -0.522. The predicted molar refractivity (Wildman–Crippen MR) is 96.3 cm³/mol. The highest BCUT2D eigenvalue weighted by atomic mass is 35.5. The van der Waals surface area contributed by atoms with E-state index in [0.29, 0.717) is 27.6 Å². The minimum Gasteiger partial charge on any atom is -0.496 e. The molecule has 3 rings (SSSR count). The molecule has 0 spiro atoms. The monoisotopic (exact) mass is 357 g/mol. The Kier molecular flexibility index (Phi) is 4.76. The lowest BCUT2D eigenvalue weighted by Crippen LogP contribution is -2.05. The fraction of sp³-hybridized carbons (Fsp3) is 0.158. The van der Waals surface area contributed by atoms with Crippen molar-refractivity contribution in [1.29, 1.82) is 0 Å². The van der Waals surface area contributed by atoms with Crippen molar-refractivity contribution in [3.63, 3.8) is 0 Å². The highest BCUT2D eigenvalue weighted by Crippen LogP contribution is 2.31. The lowest BCUT2D eigenvalue weighted by molar-refractivity contribution is -0.129. The second-order valence-electron chi connectivity index (χ2n) is 5.41. The quantitative estimate of drug-likeness (QED) is 0.612. The van der Waals surface area contributed by atoms with E-state index in [-0.39, 0.29) is 11.6 Å². The second kappa shape index (κ2) is 6.99. The summed E-state index contributed by atoms with van der Waals surface area (Å²) < 4.78 is 16.0. The van der Waals surface area contributed by atoms with E-state index >= 15 is 0 Å². The van der Waals surface area contributed by atoms with Crippen LogP contribution in [0.5, 0.6) is 11.5 Å². The number of aliphatic imine (C=N–C) groups is 1. The molecule has 0 bridgehead atoms. The summed E-state index contributed by atoms with van der Waals surface area (Å²) in [6, 6.07) is 10.5. The van der Waals surface area contributed by atoms with Gasteiger partial charge in [0.25, 0.3) is 0 Å². The molecule has 0 amide bonds. The summed E-state index contributed by atoms with van der Waals surface area (Å²) >= 11 is 5.87. The van der Waals surface area contributed by atoms with Gasteiger partial charge in [-0.25, -0.2) is 9.79 Å². The van der Waals surface area contributed by atoms with Crippen LogP contribution in [0, 0.1) is 6.92 Å². The van der Waals surface area contributed by atoms with Crippen LogP contribution in [-0.2, 0) is 9.53 Å². The summed E-state index contributed by atoms with van der Waals surface area (Å²) in [6.07, 6.45) is 1.62. The van der Waals surface area contributed by atoms with E-state index in [1.54, 1.807) is 50.6 Å². The molecule has 0 atom stereocenters. The Morgan fingerprint density at radius 2 is 1.76 bits per heavy atom. The third kappa shape index (κ3) is 3.51. The van der Waals surface area contributed by atoms with Crippen molar-refractivity contribution < 1.29 is 19.0 Å². The van der Waals surface area contributed by atoms with Gasteiger partial charge in [-0.05, 0) is 55.0 Å². The van der Waals surface area contributed by atoms with Gasteiger partial charge in [0, 0.05) is 16.1 Å². The molecular weight excluding hydrogens is 342 g/mol. The largest absolute Gasteiger partial charge is 0.496 e. The highest BCUT2D eigenvalue weighted by Gasteiger charge is 2.24. The van der Waals surface area contributed by atoms with Gasteiger partial charge < -0.3 is 14.2 Å². The molecule has 128 valence electrons. The SMILES string of the molecule is COc1cc(/C=C2/N=C(c3ccc(Cl)cc3)OC2=O)c(OC)cc1C. The van der Waals surface area contributed by atoms with Crippen molar-refractivity contribution in [2.24, 2.45) is 4.99 Å². The zero-order valence-corrected chi connectivity index (χ0v) is 14.8.